The number of hydrogen-bond donors (Lipinski definition) is 3. The topological polar surface area (TPSA) is 237 Å². The van der Waals surface area contributed by atoms with Gasteiger partial charge in [0.05, 0.1) is 26.4 Å². The van der Waals surface area contributed by atoms with Gasteiger partial charge in [-0.3, -0.25) is 37.3 Å². The molecular weight excluding hydrogens is 1280 g/mol. The van der Waals surface area contributed by atoms with Crippen molar-refractivity contribution < 1.29 is 80.2 Å². The second-order valence-electron chi connectivity index (χ2n) is 28.5. The van der Waals surface area contributed by atoms with Gasteiger partial charge in [-0.1, -0.05) is 374 Å². The number of unbranched alkanes of at least 4 members (excludes halogenated alkanes) is 54. The van der Waals surface area contributed by atoms with E-state index in [0.717, 1.165) is 89.9 Å². The molecule has 0 radical (unpaired) electrons. The Kier molecular flexibility index (Phi) is 71.9. The van der Waals surface area contributed by atoms with Gasteiger partial charge >= 0.3 is 39.5 Å². The van der Waals surface area contributed by atoms with Crippen LogP contribution in [0.4, 0.5) is 0 Å². The lowest BCUT2D eigenvalue weighted by molar-refractivity contribution is -0.161. The number of rotatable bonds is 80. The normalized spacial score (nSPS) is 13.8. The van der Waals surface area contributed by atoms with Crippen LogP contribution in [0.15, 0.2) is 0 Å². The van der Waals surface area contributed by atoms with Crippen molar-refractivity contribution in [3.8, 4) is 0 Å². The van der Waals surface area contributed by atoms with Crippen LogP contribution in [0.25, 0.3) is 0 Å². The van der Waals surface area contributed by atoms with Gasteiger partial charge in [0.2, 0.25) is 0 Å². The van der Waals surface area contributed by atoms with Crippen LogP contribution in [0, 0.1) is 0 Å². The molecule has 0 bridgehead atoms. The first-order valence-electron chi connectivity index (χ1n) is 41.3. The highest BCUT2D eigenvalue weighted by atomic mass is 31.2. The highest BCUT2D eigenvalue weighted by Gasteiger charge is 2.30. The average Bonchev–Trinajstić information content (AvgIpc) is 1.40. The minimum atomic E-state index is -4.96. The monoisotopic (exact) mass is 1440 g/mol. The number of esters is 4. The third-order valence-corrected chi connectivity index (χ3v) is 20.5. The molecule has 0 aromatic carbocycles. The second kappa shape index (κ2) is 73.4. The molecule has 0 aliphatic rings. The zero-order chi connectivity index (χ0) is 71.8. The number of carbonyl (C=O) groups is 4. The van der Waals surface area contributed by atoms with E-state index in [1.807, 2.05) is 0 Å². The Hall–Kier alpha value is -1.94. The van der Waals surface area contributed by atoms with Crippen molar-refractivity contribution in [2.75, 3.05) is 39.6 Å². The molecule has 17 nitrogen and oxygen atoms in total. The summed E-state index contributed by atoms with van der Waals surface area (Å²) in [5.41, 5.74) is 0. The molecule has 3 N–H and O–H groups in total. The van der Waals surface area contributed by atoms with Gasteiger partial charge in [0.15, 0.2) is 12.2 Å². The van der Waals surface area contributed by atoms with Gasteiger partial charge in [-0.25, -0.2) is 9.13 Å². The summed E-state index contributed by atoms with van der Waals surface area (Å²) in [5.74, 6) is -2.11. The van der Waals surface area contributed by atoms with Gasteiger partial charge in [-0.05, 0) is 25.7 Å². The molecule has 2 unspecified atom stereocenters. The van der Waals surface area contributed by atoms with Gasteiger partial charge in [0, 0.05) is 25.7 Å². The molecule has 98 heavy (non-hydrogen) atoms. The molecule has 19 heteroatoms. The highest BCUT2D eigenvalue weighted by molar-refractivity contribution is 7.47. The molecule has 0 amide bonds. The molecule has 0 heterocycles. The van der Waals surface area contributed by atoms with E-state index in [0.29, 0.717) is 25.7 Å². The first kappa shape index (κ1) is 96.1. The van der Waals surface area contributed by atoms with E-state index < -0.39 is 97.5 Å². The van der Waals surface area contributed by atoms with Crippen molar-refractivity contribution >= 4 is 39.5 Å². The Morgan fingerprint density at radius 1 is 0.245 bits per heavy atom. The third kappa shape index (κ3) is 72.4. The van der Waals surface area contributed by atoms with Crippen molar-refractivity contribution in [3.63, 3.8) is 0 Å². The van der Waals surface area contributed by atoms with E-state index in [2.05, 4.69) is 27.7 Å². The smallest absolute Gasteiger partial charge is 0.462 e. The number of carbonyl (C=O) groups excluding carboxylic acids is 4. The molecule has 582 valence electrons. The maximum Gasteiger partial charge on any atom is 0.472 e. The number of aliphatic hydroxyl groups excluding tert-OH is 1. The fraction of sp³-hybridized carbons (Fsp3) is 0.949. The molecule has 0 aromatic heterocycles. The van der Waals surface area contributed by atoms with E-state index >= 15 is 0 Å². The first-order valence-corrected chi connectivity index (χ1v) is 44.3. The Morgan fingerprint density at radius 3 is 0.602 bits per heavy atom. The van der Waals surface area contributed by atoms with Crippen LogP contribution in [-0.2, 0) is 65.4 Å². The molecule has 0 saturated carbocycles. The van der Waals surface area contributed by atoms with E-state index in [9.17, 15) is 43.2 Å². The zero-order valence-electron chi connectivity index (χ0n) is 63.8. The number of ether oxygens (including phenoxy) is 4. The van der Waals surface area contributed by atoms with Gasteiger partial charge in [-0.15, -0.1) is 0 Å². The summed E-state index contributed by atoms with van der Waals surface area (Å²) in [7, 11) is -9.91. The number of hydrogen-bond acceptors (Lipinski definition) is 15. The number of aliphatic hydroxyl groups is 1. The molecule has 0 aliphatic carbocycles. The summed E-state index contributed by atoms with van der Waals surface area (Å²) < 4.78 is 68.7. The van der Waals surface area contributed by atoms with Crippen molar-refractivity contribution in [1.29, 1.82) is 0 Å². The maximum absolute atomic E-state index is 13.1. The lowest BCUT2D eigenvalue weighted by Crippen LogP contribution is -2.30. The lowest BCUT2D eigenvalue weighted by Gasteiger charge is -2.21. The molecule has 0 aliphatic heterocycles. The van der Waals surface area contributed by atoms with Crippen LogP contribution in [0.2, 0.25) is 0 Å². The van der Waals surface area contributed by atoms with Gasteiger partial charge in [0.1, 0.15) is 19.3 Å². The molecule has 0 aromatic rings. The van der Waals surface area contributed by atoms with E-state index in [1.54, 1.807) is 0 Å². The zero-order valence-corrected chi connectivity index (χ0v) is 65.6. The summed E-state index contributed by atoms with van der Waals surface area (Å²) in [6.45, 7) is 5.01. The first-order chi connectivity index (χ1) is 47.7. The standard InChI is InChI=1S/C79H154O17P2/c1-5-9-13-17-21-25-29-32-35-37-38-40-43-46-50-54-58-62-66-79(84)96-75(70-90-77(82)64-60-56-52-48-44-42-39-36-33-30-26-22-18-14-10-6-2)72-94-98(87,88)92-68-73(80)67-91-97(85,86)93-71-74(69-89-76(81)63-59-55-51-47-28-24-20-16-12-8-4)95-78(83)65-61-57-53-49-45-41-34-31-27-23-19-15-11-7-3/h73-75,80H,5-72H2,1-4H3,(H,85,86)(H,87,88)/t73-,74+,75+/m0/s1. The summed E-state index contributed by atoms with van der Waals surface area (Å²) in [4.78, 5) is 72.9. The third-order valence-electron chi connectivity index (χ3n) is 18.6. The SMILES string of the molecule is CCCCCCCCCCCCCCCCCCCCC(=O)O[C@H](COC(=O)CCCCCCCCCCCCCCCCCC)COP(=O)(O)OC[C@@H](O)COP(=O)(O)OC[C@@H](COC(=O)CCCCCCCCCCCC)OC(=O)CCCCCCCCCCCCCCCC. The number of phosphoric acid groups is 2. The summed E-state index contributed by atoms with van der Waals surface area (Å²) in [6, 6.07) is 0. The van der Waals surface area contributed by atoms with Crippen LogP contribution in [0.5, 0.6) is 0 Å². The molecule has 0 spiro atoms. The van der Waals surface area contributed by atoms with Gasteiger partial charge in [0.25, 0.3) is 0 Å². The highest BCUT2D eigenvalue weighted by Crippen LogP contribution is 2.45. The lowest BCUT2D eigenvalue weighted by atomic mass is 10.0. The van der Waals surface area contributed by atoms with Crippen LogP contribution >= 0.6 is 15.6 Å². The average molecular weight is 1440 g/mol. The van der Waals surface area contributed by atoms with Crippen molar-refractivity contribution in [3.05, 3.63) is 0 Å². The van der Waals surface area contributed by atoms with E-state index in [-0.39, 0.29) is 25.7 Å². The maximum atomic E-state index is 13.1. The fourth-order valence-electron chi connectivity index (χ4n) is 12.3. The molecule has 0 fully saturated rings. The quantitative estimate of drug-likeness (QED) is 0.0222. The summed E-state index contributed by atoms with van der Waals surface area (Å²) in [5, 5.41) is 10.6. The predicted octanol–water partition coefficient (Wildman–Crippen LogP) is 23.8. The summed E-state index contributed by atoms with van der Waals surface area (Å²) in [6.07, 6.45) is 65.1. The Balaban J connectivity index is 5.23. The van der Waals surface area contributed by atoms with E-state index in [4.69, 9.17) is 37.0 Å². The Labute approximate surface area is 600 Å². The van der Waals surface area contributed by atoms with Crippen molar-refractivity contribution in [1.82, 2.24) is 0 Å². The van der Waals surface area contributed by atoms with Crippen molar-refractivity contribution in [2.45, 2.75) is 444 Å². The van der Waals surface area contributed by atoms with Gasteiger partial charge in [-0.2, -0.15) is 0 Å². The predicted molar refractivity (Wildman–Crippen MR) is 400 cm³/mol. The molecular formula is C79H154O17P2. The van der Waals surface area contributed by atoms with Crippen LogP contribution in [-0.4, -0.2) is 96.7 Å². The Morgan fingerprint density at radius 2 is 0.408 bits per heavy atom. The molecule has 0 saturated heterocycles. The van der Waals surface area contributed by atoms with Crippen molar-refractivity contribution in [2.24, 2.45) is 0 Å². The minimum Gasteiger partial charge on any atom is -0.462 e. The summed E-state index contributed by atoms with van der Waals surface area (Å²) >= 11 is 0. The molecule has 5 atom stereocenters. The second-order valence-corrected chi connectivity index (χ2v) is 31.4. The van der Waals surface area contributed by atoms with E-state index in [1.165, 1.54) is 257 Å². The Bertz CT molecular complexity index is 1860. The minimum absolute atomic E-state index is 0.109. The fourth-order valence-corrected chi connectivity index (χ4v) is 13.9. The van der Waals surface area contributed by atoms with Crippen LogP contribution in [0.3, 0.4) is 0 Å². The van der Waals surface area contributed by atoms with Gasteiger partial charge < -0.3 is 33.8 Å². The number of phosphoric ester groups is 2. The largest absolute Gasteiger partial charge is 0.472 e. The van der Waals surface area contributed by atoms with Crippen LogP contribution < -0.4 is 0 Å². The van der Waals surface area contributed by atoms with Crippen LogP contribution in [0.1, 0.15) is 426 Å². The molecule has 0 rings (SSSR count).